The monoisotopic (exact) mass is 474 g/mol. The molecule has 25 heavy (non-hydrogen) atoms. The van der Waals surface area contributed by atoms with Gasteiger partial charge in [-0.2, -0.15) is 0 Å². The van der Waals surface area contributed by atoms with Crippen LogP contribution < -0.4 is 15.4 Å². The molecule has 2 N–H and O–H groups in total. The van der Waals surface area contributed by atoms with E-state index < -0.39 is 0 Å². The zero-order valence-corrected chi connectivity index (χ0v) is 18.1. The van der Waals surface area contributed by atoms with Gasteiger partial charge in [-0.3, -0.25) is 4.99 Å². The molecule has 2 aromatic rings. The van der Waals surface area contributed by atoms with Crippen molar-refractivity contribution < 1.29 is 4.74 Å². The molecule has 0 spiro atoms. The van der Waals surface area contributed by atoms with Crippen LogP contribution in [0.25, 0.3) is 0 Å². The summed E-state index contributed by atoms with van der Waals surface area (Å²) >= 11 is 1.71. The van der Waals surface area contributed by atoms with Gasteiger partial charge in [0.2, 0.25) is 0 Å². The van der Waals surface area contributed by atoms with Crippen molar-refractivity contribution in [3.05, 3.63) is 46.4 Å². The van der Waals surface area contributed by atoms with E-state index in [1.54, 1.807) is 18.4 Å². The first-order valence-corrected chi connectivity index (χ1v) is 9.13. The van der Waals surface area contributed by atoms with Crippen molar-refractivity contribution in [2.24, 2.45) is 4.99 Å². The number of nitrogens with one attached hydrogen (secondary N) is 2. The standard InChI is InChI=1S/C18H26N4OS.HI/c1-14(2)17-22-15(13-24-17)12-21-18(19-3)20-10-7-11-23-16-8-5-4-6-9-16;/h4-6,8-9,13-14H,7,10-12H2,1-3H3,(H2,19,20,21);1H. The van der Waals surface area contributed by atoms with E-state index in [4.69, 9.17) is 4.74 Å². The summed E-state index contributed by atoms with van der Waals surface area (Å²) in [6.07, 6.45) is 0.907. The molecule has 0 saturated heterocycles. The lowest BCUT2D eigenvalue weighted by atomic mass is 10.2. The van der Waals surface area contributed by atoms with Crippen LogP contribution in [0.5, 0.6) is 5.75 Å². The molecule has 0 aliphatic heterocycles. The van der Waals surface area contributed by atoms with Crippen LogP contribution in [-0.4, -0.2) is 31.1 Å². The molecule has 0 unspecified atom stereocenters. The van der Waals surface area contributed by atoms with Gasteiger partial charge in [0.15, 0.2) is 5.96 Å². The predicted octanol–water partition coefficient (Wildman–Crippen LogP) is 4.02. The average Bonchev–Trinajstić information content (AvgIpc) is 3.07. The first-order chi connectivity index (χ1) is 11.7. The molecule has 1 heterocycles. The number of hydrogen-bond acceptors (Lipinski definition) is 4. The van der Waals surface area contributed by atoms with Crippen LogP contribution in [0.4, 0.5) is 0 Å². The highest BCUT2D eigenvalue weighted by atomic mass is 127. The molecule has 5 nitrogen and oxygen atoms in total. The summed E-state index contributed by atoms with van der Waals surface area (Å²) < 4.78 is 5.67. The van der Waals surface area contributed by atoms with Crippen molar-refractivity contribution in [3.63, 3.8) is 0 Å². The minimum atomic E-state index is 0. The maximum atomic E-state index is 5.67. The zero-order chi connectivity index (χ0) is 17.2. The van der Waals surface area contributed by atoms with Gasteiger partial charge in [0.25, 0.3) is 0 Å². The van der Waals surface area contributed by atoms with Gasteiger partial charge in [0, 0.05) is 24.9 Å². The fourth-order valence-electron chi connectivity index (χ4n) is 2.05. The fraction of sp³-hybridized carbons (Fsp3) is 0.444. The number of halogens is 1. The van der Waals surface area contributed by atoms with E-state index in [9.17, 15) is 0 Å². The molecule has 7 heteroatoms. The Labute approximate surface area is 171 Å². The lowest BCUT2D eigenvalue weighted by Crippen LogP contribution is -2.37. The van der Waals surface area contributed by atoms with Crippen LogP contribution >= 0.6 is 35.3 Å². The van der Waals surface area contributed by atoms with E-state index in [2.05, 4.69) is 39.8 Å². The minimum absolute atomic E-state index is 0. The summed E-state index contributed by atoms with van der Waals surface area (Å²) in [7, 11) is 1.77. The Morgan fingerprint density at radius 1 is 1.24 bits per heavy atom. The largest absolute Gasteiger partial charge is 0.494 e. The number of aromatic nitrogens is 1. The second kappa shape index (κ2) is 12.1. The molecule has 2 rings (SSSR count). The highest BCUT2D eigenvalue weighted by Gasteiger charge is 2.06. The van der Waals surface area contributed by atoms with E-state index in [-0.39, 0.29) is 24.0 Å². The molecule has 138 valence electrons. The molecule has 0 fully saturated rings. The number of hydrogen-bond donors (Lipinski definition) is 2. The van der Waals surface area contributed by atoms with Gasteiger partial charge in [-0.25, -0.2) is 4.98 Å². The van der Waals surface area contributed by atoms with Crippen LogP contribution in [0.1, 0.15) is 36.9 Å². The van der Waals surface area contributed by atoms with Crippen molar-refractivity contribution in [2.45, 2.75) is 32.7 Å². The molecular weight excluding hydrogens is 447 g/mol. The average molecular weight is 474 g/mol. The third kappa shape index (κ3) is 8.04. The number of guanidine groups is 1. The maximum Gasteiger partial charge on any atom is 0.191 e. The summed E-state index contributed by atoms with van der Waals surface area (Å²) in [5.41, 5.74) is 1.05. The SMILES string of the molecule is CN=C(NCCCOc1ccccc1)NCc1csc(C(C)C)n1.I. The molecule has 0 aliphatic rings. The van der Waals surface area contributed by atoms with Gasteiger partial charge >= 0.3 is 0 Å². The number of benzene rings is 1. The molecule has 0 aliphatic carbocycles. The van der Waals surface area contributed by atoms with Gasteiger partial charge in [0.1, 0.15) is 5.75 Å². The van der Waals surface area contributed by atoms with Crippen LogP contribution in [0.15, 0.2) is 40.7 Å². The van der Waals surface area contributed by atoms with Gasteiger partial charge in [-0.15, -0.1) is 35.3 Å². The van der Waals surface area contributed by atoms with Gasteiger partial charge in [-0.05, 0) is 18.6 Å². The van der Waals surface area contributed by atoms with Gasteiger partial charge < -0.3 is 15.4 Å². The number of nitrogens with zero attached hydrogens (tertiary/aromatic N) is 2. The van der Waals surface area contributed by atoms with E-state index in [0.717, 1.165) is 30.4 Å². The normalized spacial score (nSPS) is 11.1. The fourth-order valence-corrected chi connectivity index (χ4v) is 2.88. The van der Waals surface area contributed by atoms with Crippen LogP contribution in [0.3, 0.4) is 0 Å². The molecule has 0 saturated carbocycles. The summed E-state index contributed by atoms with van der Waals surface area (Å²) in [6.45, 7) is 6.49. The van der Waals surface area contributed by atoms with E-state index in [0.29, 0.717) is 19.1 Å². The first-order valence-electron chi connectivity index (χ1n) is 8.25. The number of aliphatic imine (C=N–C) groups is 1. The van der Waals surface area contributed by atoms with Crippen LogP contribution in [0.2, 0.25) is 0 Å². The first kappa shape index (κ1) is 21.7. The predicted molar refractivity (Wildman–Crippen MR) is 116 cm³/mol. The molecular formula is C18H27IN4OS. The number of rotatable bonds is 8. The Morgan fingerprint density at radius 3 is 2.64 bits per heavy atom. The third-order valence-electron chi connectivity index (χ3n) is 3.35. The molecule has 0 atom stereocenters. The van der Waals surface area contributed by atoms with E-state index in [1.165, 1.54) is 5.01 Å². The smallest absolute Gasteiger partial charge is 0.191 e. The highest BCUT2D eigenvalue weighted by Crippen LogP contribution is 2.18. The molecule has 1 aromatic carbocycles. The minimum Gasteiger partial charge on any atom is -0.494 e. The molecule has 0 bridgehead atoms. The second-order valence-corrected chi connectivity index (χ2v) is 6.59. The molecule has 0 amide bonds. The lowest BCUT2D eigenvalue weighted by Gasteiger charge is -2.11. The second-order valence-electron chi connectivity index (χ2n) is 5.70. The topological polar surface area (TPSA) is 58.5 Å². The number of para-hydroxylation sites is 1. The summed E-state index contributed by atoms with van der Waals surface area (Å²) in [6, 6.07) is 9.86. The summed E-state index contributed by atoms with van der Waals surface area (Å²) in [4.78, 5) is 8.84. The zero-order valence-electron chi connectivity index (χ0n) is 15.0. The lowest BCUT2D eigenvalue weighted by molar-refractivity contribution is 0.311. The third-order valence-corrected chi connectivity index (χ3v) is 4.54. The Balaban J connectivity index is 0.00000312. The van der Waals surface area contributed by atoms with Gasteiger partial charge in [-0.1, -0.05) is 32.0 Å². The maximum absolute atomic E-state index is 5.67. The van der Waals surface area contributed by atoms with Crippen molar-refractivity contribution in [1.82, 2.24) is 15.6 Å². The van der Waals surface area contributed by atoms with Gasteiger partial charge in [0.05, 0.1) is 23.9 Å². The highest BCUT2D eigenvalue weighted by molar-refractivity contribution is 14.0. The number of thiazole rings is 1. The summed E-state index contributed by atoms with van der Waals surface area (Å²) in [5, 5.41) is 9.85. The Kier molecular flexibility index (Phi) is 10.5. The Hall–Kier alpha value is -1.35. The molecule has 0 radical (unpaired) electrons. The van der Waals surface area contributed by atoms with Crippen molar-refractivity contribution >= 4 is 41.3 Å². The van der Waals surface area contributed by atoms with Crippen molar-refractivity contribution in [3.8, 4) is 5.75 Å². The Morgan fingerprint density at radius 2 is 2.00 bits per heavy atom. The molecule has 1 aromatic heterocycles. The summed E-state index contributed by atoms with van der Waals surface area (Å²) in [5.74, 6) is 2.17. The Bertz CT molecular complexity index is 631. The van der Waals surface area contributed by atoms with Crippen molar-refractivity contribution in [1.29, 1.82) is 0 Å². The van der Waals surface area contributed by atoms with Crippen LogP contribution in [-0.2, 0) is 6.54 Å². The van der Waals surface area contributed by atoms with Crippen LogP contribution in [0, 0.1) is 0 Å². The van der Waals surface area contributed by atoms with E-state index >= 15 is 0 Å². The van der Waals surface area contributed by atoms with Crippen molar-refractivity contribution in [2.75, 3.05) is 20.2 Å². The van der Waals surface area contributed by atoms with E-state index in [1.807, 2.05) is 30.3 Å². The quantitative estimate of drug-likeness (QED) is 0.263. The number of ether oxygens (including phenoxy) is 1.